The summed E-state index contributed by atoms with van der Waals surface area (Å²) in [5.74, 6) is 2.23. The molecule has 1 amide bonds. The van der Waals surface area contributed by atoms with Crippen molar-refractivity contribution in [1.82, 2.24) is 4.90 Å². The minimum Gasteiger partial charge on any atom is -0.493 e. The third-order valence-corrected chi connectivity index (χ3v) is 4.94. The molecule has 156 valence electrons. The number of methoxy groups -OCH3 is 1. The molecule has 0 spiro atoms. The van der Waals surface area contributed by atoms with Gasteiger partial charge in [-0.2, -0.15) is 0 Å². The maximum Gasteiger partial charge on any atom is 0.410 e. The van der Waals surface area contributed by atoms with E-state index in [4.69, 9.17) is 19.9 Å². The topological polar surface area (TPSA) is 74.0 Å². The molecule has 2 aromatic rings. The molecular formula is C23H30N2O4. The largest absolute Gasteiger partial charge is 0.493 e. The number of ether oxygens (including phenoxy) is 3. The van der Waals surface area contributed by atoms with E-state index in [0.29, 0.717) is 41.9 Å². The number of nitrogens with two attached hydrogens (primary N) is 1. The lowest BCUT2D eigenvalue weighted by atomic mass is 9.89. The van der Waals surface area contributed by atoms with Crippen LogP contribution in [0, 0.1) is 0 Å². The normalized spacial score (nSPS) is 15.1. The molecule has 1 aliphatic rings. The van der Waals surface area contributed by atoms with Crippen LogP contribution in [0.4, 0.5) is 10.5 Å². The summed E-state index contributed by atoms with van der Waals surface area (Å²) in [5.41, 5.74) is 7.40. The number of carbonyl (C=O) groups excluding carboxylic acids is 1. The molecule has 1 aliphatic heterocycles. The molecule has 6 nitrogen and oxygen atoms in total. The lowest BCUT2D eigenvalue weighted by Crippen LogP contribution is -2.41. The summed E-state index contributed by atoms with van der Waals surface area (Å²) in [6, 6.07) is 13.4. The van der Waals surface area contributed by atoms with Crippen molar-refractivity contribution < 1.29 is 19.0 Å². The minimum atomic E-state index is -0.477. The van der Waals surface area contributed by atoms with E-state index in [1.54, 1.807) is 12.0 Å². The Morgan fingerprint density at radius 1 is 1.03 bits per heavy atom. The number of hydrogen-bond donors (Lipinski definition) is 1. The highest BCUT2D eigenvalue weighted by atomic mass is 16.6. The number of rotatable bonds is 4. The van der Waals surface area contributed by atoms with E-state index in [2.05, 4.69) is 0 Å². The molecule has 0 atom stereocenters. The first-order valence-corrected chi connectivity index (χ1v) is 9.95. The number of carbonyl (C=O) groups is 1. The second-order valence-corrected chi connectivity index (χ2v) is 8.29. The van der Waals surface area contributed by atoms with Crippen molar-refractivity contribution in [3.8, 4) is 17.2 Å². The van der Waals surface area contributed by atoms with Gasteiger partial charge in [0.2, 0.25) is 0 Å². The van der Waals surface area contributed by atoms with E-state index >= 15 is 0 Å². The molecule has 0 aromatic heterocycles. The van der Waals surface area contributed by atoms with E-state index in [-0.39, 0.29) is 6.09 Å². The Labute approximate surface area is 172 Å². The molecule has 0 radical (unpaired) electrons. The summed E-state index contributed by atoms with van der Waals surface area (Å²) in [5, 5.41) is 0. The number of amides is 1. The molecule has 0 unspecified atom stereocenters. The number of para-hydroxylation sites is 2. The Hall–Kier alpha value is -2.89. The fraction of sp³-hybridized carbons (Fsp3) is 0.435. The summed E-state index contributed by atoms with van der Waals surface area (Å²) in [6.07, 6.45) is 1.50. The van der Waals surface area contributed by atoms with Crippen LogP contribution in [0.1, 0.15) is 45.1 Å². The van der Waals surface area contributed by atoms with Gasteiger partial charge in [-0.05, 0) is 69.4 Å². The first kappa shape index (κ1) is 20.8. The highest BCUT2D eigenvalue weighted by Crippen LogP contribution is 2.37. The highest BCUT2D eigenvalue weighted by Gasteiger charge is 2.27. The van der Waals surface area contributed by atoms with Crippen LogP contribution in [-0.4, -0.2) is 36.8 Å². The molecule has 2 N–H and O–H groups in total. The van der Waals surface area contributed by atoms with Gasteiger partial charge in [0.05, 0.1) is 12.8 Å². The second-order valence-electron chi connectivity index (χ2n) is 8.29. The zero-order chi connectivity index (χ0) is 21.0. The first-order valence-electron chi connectivity index (χ1n) is 9.95. The molecular weight excluding hydrogens is 368 g/mol. The average Bonchev–Trinajstić information content (AvgIpc) is 2.69. The van der Waals surface area contributed by atoms with Crippen LogP contribution in [0.3, 0.4) is 0 Å². The Morgan fingerprint density at radius 2 is 1.69 bits per heavy atom. The SMILES string of the molecule is COc1ccccc1Oc1cc(C2CCN(C(=O)OC(C)(C)C)CC2)ccc1N. The van der Waals surface area contributed by atoms with Gasteiger partial charge >= 0.3 is 6.09 Å². The van der Waals surface area contributed by atoms with Gasteiger partial charge in [-0.25, -0.2) is 4.79 Å². The molecule has 1 fully saturated rings. The Balaban J connectivity index is 1.68. The first-order chi connectivity index (χ1) is 13.8. The second kappa shape index (κ2) is 8.64. The molecule has 3 rings (SSSR count). The molecule has 1 saturated heterocycles. The van der Waals surface area contributed by atoms with Crippen molar-refractivity contribution in [2.24, 2.45) is 0 Å². The maximum atomic E-state index is 12.3. The smallest absolute Gasteiger partial charge is 0.410 e. The number of nitrogens with zero attached hydrogens (tertiary/aromatic N) is 1. The van der Waals surface area contributed by atoms with Crippen molar-refractivity contribution in [2.45, 2.75) is 45.1 Å². The lowest BCUT2D eigenvalue weighted by Gasteiger charge is -2.33. The summed E-state index contributed by atoms with van der Waals surface area (Å²) in [4.78, 5) is 14.1. The maximum absolute atomic E-state index is 12.3. The lowest BCUT2D eigenvalue weighted by molar-refractivity contribution is 0.0205. The monoisotopic (exact) mass is 398 g/mol. The molecule has 2 aromatic carbocycles. The Bertz CT molecular complexity index is 852. The standard InChI is InChI=1S/C23H30N2O4/c1-23(2,3)29-22(26)25-13-11-16(12-14-25)17-9-10-18(24)21(15-17)28-20-8-6-5-7-19(20)27-4/h5-10,15-16H,11-14,24H2,1-4H3. The van der Waals surface area contributed by atoms with Crippen molar-refractivity contribution in [3.63, 3.8) is 0 Å². The molecule has 0 bridgehead atoms. The Morgan fingerprint density at radius 3 is 2.31 bits per heavy atom. The average molecular weight is 399 g/mol. The van der Waals surface area contributed by atoms with Gasteiger partial charge in [0.1, 0.15) is 5.60 Å². The van der Waals surface area contributed by atoms with E-state index in [9.17, 15) is 4.79 Å². The Kier molecular flexibility index (Phi) is 6.20. The van der Waals surface area contributed by atoms with Crippen LogP contribution in [0.2, 0.25) is 0 Å². The number of piperidine rings is 1. The third kappa shape index (κ3) is 5.34. The van der Waals surface area contributed by atoms with Crippen LogP contribution in [0.15, 0.2) is 42.5 Å². The van der Waals surface area contributed by atoms with Crippen molar-refractivity contribution >= 4 is 11.8 Å². The van der Waals surface area contributed by atoms with Crippen LogP contribution in [0.25, 0.3) is 0 Å². The number of hydrogen-bond acceptors (Lipinski definition) is 5. The molecule has 0 saturated carbocycles. The van der Waals surface area contributed by atoms with Crippen molar-refractivity contribution in [1.29, 1.82) is 0 Å². The summed E-state index contributed by atoms with van der Waals surface area (Å²) >= 11 is 0. The molecule has 29 heavy (non-hydrogen) atoms. The van der Waals surface area contributed by atoms with Crippen LogP contribution >= 0.6 is 0 Å². The summed E-state index contributed by atoms with van der Waals surface area (Å²) in [7, 11) is 1.61. The van der Waals surface area contributed by atoms with Gasteiger partial charge in [-0.3, -0.25) is 0 Å². The van der Waals surface area contributed by atoms with E-state index in [1.165, 1.54) is 0 Å². The highest BCUT2D eigenvalue weighted by molar-refractivity contribution is 5.68. The number of nitrogen functional groups attached to an aromatic ring is 1. The number of anilines is 1. The van der Waals surface area contributed by atoms with E-state index in [1.807, 2.05) is 63.2 Å². The van der Waals surface area contributed by atoms with Gasteiger partial charge in [0.25, 0.3) is 0 Å². The predicted octanol–water partition coefficient (Wildman–Crippen LogP) is 5.18. The van der Waals surface area contributed by atoms with Crippen molar-refractivity contribution in [2.75, 3.05) is 25.9 Å². The number of benzene rings is 2. The fourth-order valence-corrected chi connectivity index (χ4v) is 3.44. The predicted molar refractivity (Wildman–Crippen MR) is 114 cm³/mol. The quantitative estimate of drug-likeness (QED) is 0.718. The van der Waals surface area contributed by atoms with Gasteiger partial charge in [0, 0.05) is 13.1 Å². The zero-order valence-corrected chi connectivity index (χ0v) is 17.6. The molecule has 0 aliphatic carbocycles. The zero-order valence-electron chi connectivity index (χ0n) is 17.6. The van der Waals surface area contributed by atoms with Gasteiger partial charge in [0.15, 0.2) is 17.2 Å². The van der Waals surface area contributed by atoms with E-state index < -0.39 is 5.60 Å². The van der Waals surface area contributed by atoms with E-state index in [0.717, 1.165) is 18.4 Å². The molecule has 1 heterocycles. The van der Waals surface area contributed by atoms with Crippen molar-refractivity contribution in [3.05, 3.63) is 48.0 Å². The third-order valence-electron chi connectivity index (χ3n) is 4.94. The fourth-order valence-electron chi connectivity index (χ4n) is 3.44. The summed E-state index contributed by atoms with van der Waals surface area (Å²) < 4.78 is 16.9. The van der Waals surface area contributed by atoms with Gasteiger partial charge < -0.3 is 24.8 Å². The summed E-state index contributed by atoms with van der Waals surface area (Å²) in [6.45, 7) is 7.00. The van der Waals surface area contributed by atoms with Gasteiger partial charge in [-0.1, -0.05) is 18.2 Å². The van der Waals surface area contributed by atoms with Crippen LogP contribution in [-0.2, 0) is 4.74 Å². The van der Waals surface area contributed by atoms with Gasteiger partial charge in [-0.15, -0.1) is 0 Å². The molecule has 6 heteroatoms. The number of likely N-dealkylation sites (tertiary alicyclic amines) is 1. The minimum absolute atomic E-state index is 0.242. The van der Waals surface area contributed by atoms with Crippen LogP contribution in [0.5, 0.6) is 17.2 Å². The van der Waals surface area contributed by atoms with Crippen LogP contribution < -0.4 is 15.2 Å².